The van der Waals surface area contributed by atoms with Crippen LogP contribution in [0.2, 0.25) is 0 Å². The first-order valence-electron chi connectivity index (χ1n) is 7.11. The van der Waals surface area contributed by atoms with Gasteiger partial charge in [0.25, 0.3) is 0 Å². The minimum Gasteiger partial charge on any atom is -0.0664 e. The Kier molecular flexibility index (Phi) is 6.70. The molecule has 0 unspecified atom stereocenters. The van der Waals surface area contributed by atoms with E-state index in [1.807, 2.05) is 0 Å². The van der Waals surface area contributed by atoms with Crippen molar-refractivity contribution in [3.63, 3.8) is 0 Å². The highest BCUT2D eigenvalue weighted by Gasteiger charge is 2.09. The second kappa shape index (κ2) is 7.78. The van der Waals surface area contributed by atoms with E-state index in [-0.39, 0.29) is 0 Å². The summed E-state index contributed by atoms with van der Waals surface area (Å²) in [6, 6.07) is 6.65. The van der Waals surface area contributed by atoms with Crippen LogP contribution in [-0.4, -0.2) is 0 Å². The number of benzene rings is 1. The molecular weight excluding hydrogens is 284 g/mol. The molecule has 0 amide bonds. The quantitative estimate of drug-likeness (QED) is 0.561. The summed E-state index contributed by atoms with van der Waals surface area (Å²) in [4.78, 5) is 0. The number of rotatable bonds is 6. The molecule has 0 aromatic heterocycles. The van der Waals surface area contributed by atoms with Crippen LogP contribution in [0.4, 0.5) is 0 Å². The summed E-state index contributed by atoms with van der Waals surface area (Å²) >= 11 is 3.55. The molecule has 0 saturated carbocycles. The van der Waals surface area contributed by atoms with Gasteiger partial charge in [0.1, 0.15) is 0 Å². The summed E-state index contributed by atoms with van der Waals surface area (Å²) in [5.41, 5.74) is 6.06. The Morgan fingerprint density at radius 2 is 1.67 bits per heavy atom. The van der Waals surface area contributed by atoms with Crippen molar-refractivity contribution in [2.45, 2.75) is 59.8 Å². The number of hydrogen-bond acceptors (Lipinski definition) is 0. The van der Waals surface area contributed by atoms with Crippen molar-refractivity contribution in [2.75, 3.05) is 0 Å². The van der Waals surface area contributed by atoms with Crippen molar-refractivity contribution in [1.29, 1.82) is 0 Å². The summed E-state index contributed by atoms with van der Waals surface area (Å²) in [5.74, 6) is 0. The van der Waals surface area contributed by atoms with Crippen LogP contribution in [0.25, 0.3) is 5.57 Å². The lowest BCUT2D eigenvalue weighted by molar-refractivity contribution is 0.801. The van der Waals surface area contributed by atoms with Crippen molar-refractivity contribution >= 4 is 21.5 Å². The zero-order chi connectivity index (χ0) is 13.5. The minimum atomic E-state index is 1.14. The first kappa shape index (κ1) is 15.5. The summed E-state index contributed by atoms with van der Waals surface area (Å²) in [6.07, 6.45) is 6.11. The first-order chi connectivity index (χ1) is 8.63. The predicted octanol–water partition coefficient (Wildman–Crippen LogP) is 6.52. The number of allylic oxidation sites excluding steroid dienone is 2. The van der Waals surface area contributed by atoms with Gasteiger partial charge in [-0.3, -0.25) is 0 Å². The maximum Gasteiger partial charge on any atom is 0.0178 e. The molecule has 0 bridgehead atoms. The Labute approximate surface area is 121 Å². The normalized spacial score (nSPS) is 10.5. The van der Waals surface area contributed by atoms with Gasteiger partial charge in [-0.1, -0.05) is 61.2 Å². The van der Waals surface area contributed by atoms with E-state index in [1.165, 1.54) is 41.3 Å². The molecule has 0 spiro atoms. The molecule has 18 heavy (non-hydrogen) atoms. The molecule has 1 heteroatoms. The van der Waals surface area contributed by atoms with Crippen LogP contribution in [0.15, 0.2) is 28.2 Å². The van der Waals surface area contributed by atoms with Crippen molar-refractivity contribution < 1.29 is 0 Å². The Morgan fingerprint density at radius 3 is 2.11 bits per heavy atom. The fraction of sp³-hybridized carbons (Fsp3) is 0.529. The number of hydrogen-bond donors (Lipinski definition) is 0. The maximum absolute atomic E-state index is 3.55. The maximum atomic E-state index is 3.55. The smallest absolute Gasteiger partial charge is 0.0178 e. The summed E-state index contributed by atoms with van der Waals surface area (Å²) in [5, 5.41) is 0. The third-order valence-corrected chi connectivity index (χ3v) is 3.89. The highest BCUT2D eigenvalue weighted by molar-refractivity contribution is 9.10. The predicted molar refractivity (Wildman–Crippen MR) is 85.9 cm³/mol. The van der Waals surface area contributed by atoms with Gasteiger partial charge in [-0.05, 0) is 55.0 Å². The zero-order valence-electron chi connectivity index (χ0n) is 12.1. The molecule has 1 rings (SSSR count). The van der Waals surface area contributed by atoms with E-state index in [4.69, 9.17) is 0 Å². The number of halogens is 1. The van der Waals surface area contributed by atoms with Gasteiger partial charge in [0.2, 0.25) is 0 Å². The lowest BCUT2D eigenvalue weighted by Crippen LogP contribution is -1.95. The van der Waals surface area contributed by atoms with Gasteiger partial charge in [0.05, 0.1) is 0 Å². The summed E-state index contributed by atoms with van der Waals surface area (Å²) in [7, 11) is 0. The standard InChI is InChI=1S/C17H25Br/c1-5-8-14(9-6-2)16(7-3)17-11-10-15(18)12-13(17)4/h10-12H,5-9H2,1-4H3. The third kappa shape index (κ3) is 3.98. The largest absolute Gasteiger partial charge is 0.0664 e. The van der Waals surface area contributed by atoms with Crippen LogP contribution in [0.5, 0.6) is 0 Å². The van der Waals surface area contributed by atoms with Crippen molar-refractivity contribution in [3.8, 4) is 0 Å². The molecule has 0 fully saturated rings. The van der Waals surface area contributed by atoms with Gasteiger partial charge in [-0.2, -0.15) is 0 Å². The Balaban J connectivity index is 3.23. The Bertz CT molecular complexity index is 408. The topological polar surface area (TPSA) is 0 Å². The summed E-state index contributed by atoms with van der Waals surface area (Å²) < 4.78 is 1.17. The fourth-order valence-corrected chi connectivity index (χ4v) is 3.10. The second-order valence-electron chi connectivity index (χ2n) is 4.89. The lowest BCUT2D eigenvalue weighted by atomic mass is 9.90. The molecule has 0 aliphatic heterocycles. The molecule has 0 N–H and O–H groups in total. The lowest BCUT2D eigenvalue weighted by Gasteiger charge is -2.16. The molecule has 0 aliphatic carbocycles. The molecule has 1 aromatic carbocycles. The Morgan fingerprint density at radius 1 is 1.06 bits per heavy atom. The van der Waals surface area contributed by atoms with E-state index < -0.39 is 0 Å². The average Bonchev–Trinajstić information content (AvgIpc) is 2.33. The van der Waals surface area contributed by atoms with Crippen LogP contribution >= 0.6 is 15.9 Å². The van der Waals surface area contributed by atoms with E-state index in [0.717, 1.165) is 6.42 Å². The van der Waals surface area contributed by atoms with Gasteiger partial charge in [-0.25, -0.2) is 0 Å². The monoisotopic (exact) mass is 308 g/mol. The molecule has 0 aliphatic rings. The third-order valence-electron chi connectivity index (χ3n) is 3.40. The molecular formula is C17H25Br. The summed E-state index contributed by atoms with van der Waals surface area (Å²) in [6.45, 7) is 9.04. The van der Waals surface area contributed by atoms with Crippen molar-refractivity contribution in [1.82, 2.24) is 0 Å². The Hall–Kier alpha value is -0.560. The molecule has 0 atom stereocenters. The SMILES string of the molecule is CCCC(CCC)=C(CC)c1ccc(Br)cc1C. The van der Waals surface area contributed by atoms with E-state index in [1.54, 1.807) is 11.1 Å². The minimum absolute atomic E-state index is 1.14. The van der Waals surface area contributed by atoms with Crippen LogP contribution in [0.3, 0.4) is 0 Å². The van der Waals surface area contributed by atoms with Crippen LogP contribution in [-0.2, 0) is 0 Å². The van der Waals surface area contributed by atoms with Gasteiger partial charge in [0, 0.05) is 4.47 Å². The van der Waals surface area contributed by atoms with Gasteiger partial charge >= 0.3 is 0 Å². The fourth-order valence-electron chi connectivity index (χ4n) is 2.63. The molecule has 100 valence electrons. The highest BCUT2D eigenvalue weighted by atomic mass is 79.9. The van der Waals surface area contributed by atoms with E-state index in [9.17, 15) is 0 Å². The zero-order valence-corrected chi connectivity index (χ0v) is 13.7. The number of aryl methyl sites for hydroxylation is 1. The van der Waals surface area contributed by atoms with E-state index in [2.05, 4.69) is 61.8 Å². The van der Waals surface area contributed by atoms with E-state index in [0.29, 0.717) is 0 Å². The second-order valence-corrected chi connectivity index (χ2v) is 5.81. The molecule has 0 heterocycles. The van der Waals surface area contributed by atoms with Crippen molar-refractivity contribution in [3.05, 3.63) is 39.4 Å². The molecule has 0 saturated heterocycles. The average molecular weight is 309 g/mol. The first-order valence-corrected chi connectivity index (χ1v) is 7.90. The van der Waals surface area contributed by atoms with Gasteiger partial charge in [0.15, 0.2) is 0 Å². The molecule has 0 radical (unpaired) electrons. The van der Waals surface area contributed by atoms with Crippen LogP contribution in [0, 0.1) is 6.92 Å². The van der Waals surface area contributed by atoms with Crippen LogP contribution in [0.1, 0.15) is 64.0 Å². The molecule has 0 nitrogen and oxygen atoms in total. The van der Waals surface area contributed by atoms with Gasteiger partial charge < -0.3 is 0 Å². The highest BCUT2D eigenvalue weighted by Crippen LogP contribution is 2.31. The van der Waals surface area contributed by atoms with Crippen molar-refractivity contribution in [2.24, 2.45) is 0 Å². The molecule has 1 aromatic rings. The van der Waals surface area contributed by atoms with E-state index >= 15 is 0 Å². The van der Waals surface area contributed by atoms with Crippen LogP contribution < -0.4 is 0 Å². The van der Waals surface area contributed by atoms with Gasteiger partial charge in [-0.15, -0.1) is 0 Å².